The van der Waals surface area contributed by atoms with E-state index in [4.69, 9.17) is 32.8 Å². The van der Waals surface area contributed by atoms with Gasteiger partial charge in [-0.3, -0.25) is 0 Å². The Kier molecular flexibility index (Phi) is 19.5. The molecular weight excluding hydrogens is 685 g/mol. The average molecular weight is 755 g/mol. The molecule has 1 aromatic carbocycles. The Balaban J connectivity index is 1.52. The molecule has 3 rings (SSSR count). The van der Waals surface area contributed by atoms with Crippen molar-refractivity contribution in [1.29, 1.82) is 0 Å². The monoisotopic (exact) mass is 754 g/mol. The van der Waals surface area contributed by atoms with Gasteiger partial charge in [0.25, 0.3) is 0 Å². The lowest BCUT2D eigenvalue weighted by Gasteiger charge is -2.36. The fourth-order valence-corrected chi connectivity index (χ4v) is 7.33. The van der Waals surface area contributed by atoms with Crippen LogP contribution in [0.3, 0.4) is 0 Å². The summed E-state index contributed by atoms with van der Waals surface area (Å²) in [7, 11) is 1.51. The van der Waals surface area contributed by atoms with Gasteiger partial charge in [0.2, 0.25) is 0 Å². The van der Waals surface area contributed by atoms with E-state index in [0.717, 1.165) is 55.6 Å². The molecule has 0 saturated carbocycles. The fourth-order valence-electron chi connectivity index (χ4n) is 6.27. The molecule has 2 aliphatic heterocycles. The van der Waals surface area contributed by atoms with E-state index in [1.54, 1.807) is 14.2 Å². The molecule has 0 amide bonds. The lowest BCUT2D eigenvalue weighted by Crippen LogP contribution is -2.41. The molecule has 0 unspecified atom stereocenters. The van der Waals surface area contributed by atoms with Gasteiger partial charge >= 0.3 is 0 Å². The highest BCUT2D eigenvalue weighted by Crippen LogP contribution is 2.37. The fraction of sp³-hybridized carbons (Fsp3) is 0.636. The molecule has 0 spiro atoms. The number of aliphatic hydroxyl groups excluding tert-OH is 1. The van der Waals surface area contributed by atoms with Crippen molar-refractivity contribution in [1.82, 2.24) is 0 Å². The third kappa shape index (κ3) is 16.9. The van der Waals surface area contributed by atoms with Crippen molar-refractivity contribution in [3.05, 3.63) is 90.1 Å². The Labute approximate surface area is 322 Å². The molecule has 0 fully saturated rings. The van der Waals surface area contributed by atoms with Gasteiger partial charge in [-0.1, -0.05) is 100 Å². The molecule has 8 nitrogen and oxygen atoms in total. The van der Waals surface area contributed by atoms with Gasteiger partial charge in [-0.25, -0.2) is 0 Å². The maximum absolute atomic E-state index is 11.3. The second-order valence-corrected chi connectivity index (χ2v) is 21.1. The summed E-state index contributed by atoms with van der Waals surface area (Å²) in [6.45, 7) is 22.1. The van der Waals surface area contributed by atoms with Crippen LogP contribution in [0.1, 0.15) is 85.1 Å². The number of methoxy groups -OCH3 is 2. The number of aliphatic hydroxyl groups is 1. The molecule has 0 aliphatic carbocycles. The molecule has 2 heterocycles. The van der Waals surface area contributed by atoms with E-state index in [2.05, 4.69) is 72.5 Å². The van der Waals surface area contributed by atoms with Gasteiger partial charge in [0.1, 0.15) is 18.6 Å². The third-order valence-corrected chi connectivity index (χ3v) is 15.0. The van der Waals surface area contributed by atoms with Crippen LogP contribution in [0, 0.1) is 5.92 Å². The zero-order chi connectivity index (χ0) is 38.9. The first-order valence-corrected chi connectivity index (χ1v) is 22.4. The number of benzene rings is 1. The van der Waals surface area contributed by atoms with Gasteiger partial charge in [0.15, 0.2) is 8.32 Å². The zero-order valence-electron chi connectivity index (χ0n) is 34.2. The Morgan fingerprint density at radius 1 is 1.09 bits per heavy atom. The van der Waals surface area contributed by atoms with Crippen LogP contribution in [0.4, 0.5) is 0 Å². The zero-order valence-corrected chi connectivity index (χ0v) is 35.2. The van der Waals surface area contributed by atoms with Crippen molar-refractivity contribution in [3.63, 3.8) is 0 Å². The van der Waals surface area contributed by atoms with Gasteiger partial charge in [-0.15, -0.1) is 0 Å². The largest absolute Gasteiger partial charge is 0.497 e. The van der Waals surface area contributed by atoms with Crippen LogP contribution < -0.4 is 4.74 Å². The minimum atomic E-state index is -1.76. The Hall–Kier alpha value is -2.34. The van der Waals surface area contributed by atoms with Gasteiger partial charge < -0.3 is 38.0 Å². The van der Waals surface area contributed by atoms with E-state index in [-0.39, 0.29) is 36.2 Å². The summed E-state index contributed by atoms with van der Waals surface area (Å²) in [4.78, 5) is 0. The molecular formula is C44H70O8Si. The molecule has 53 heavy (non-hydrogen) atoms. The molecule has 1 N–H and O–H groups in total. The van der Waals surface area contributed by atoms with E-state index in [9.17, 15) is 5.11 Å². The molecule has 0 saturated heterocycles. The van der Waals surface area contributed by atoms with Crippen molar-refractivity contribution in [2.24, 2.45) is 5.92 Å². The molecule has 9 heteroatoms. The molecule has 0 aromatic heterocycles. The summed E-state index contributed by atoms with van der Waals surface area (Å²) >= 11 is 0. The van der Waals surface area contributed by atoms with Crippen molar-refractivity contribution in [2.75, 3.05) is 34.2 Å². The Morgan fingerprint density at radius 3 is 2.53 bits per heavy atom. The van der Waals surface area contributed by atoms with E-state index in [1.165, 1.54) is 5.57 Å². The lowest BCUT2D eigenvalue weighted by molar-refractivity contribution is -0.0554. The second-order valence-electron chi connectivity index (χ2n) is 16.3. The minimum absolute atomic E-state index is 0.0374. The predicted molar refractivity (Wildman–Crippen MR) is 218 cm³/mol. The van der Waals surface area contributed by atoms with Crippen LogP contribution in [0.15, 0.2) is 84.5 Å². The second kappa shape index (κ2) is 22.9. The Bertz CT molecular complexity index is 1330. The molecule has 2 aliphatic rings. The molecule has 7 atom stereocenters. The highest BCUT2D eigenvalue weighted by molar-refractivity contribution is 6.74. The van der Waals surface area contributed by atoms with Crippen LogP contribution in [0.2, 0.25) is 18.1 Å². The van der Waals surface area contributed by atoms with Crippen LogP contribution in [0.25, 0.3) is 0 Å². The van der Waals surface area contributed by atoms with Crippen molar-refractivity contribution in [3.8, 4) is 5.75 Å². The van der Waals surface area contributed by atoms with E-state index in [0.29, 0.717) is 32.0 Å². The SMILES string of the molecule is C=C(C[C@H](C)C[C@@H]1CC=C[C@@H](CCO[Si](C)(C)C(C)(C)C)O1)C[C@@H](/C=C/C[C@H](O)[C@H](/C=C/[C@@H]1CC(C)=CCO1)OCc1ccc(OC)cc1)OCOC. The van der Waals surface area contributed by atoms with Gasteiger partial charge in [-0.2, -0.15) is 0 Å². The predicted octanol–water partition coefficient (Wildman–Crippen LogP) is 9.66. The first-order valence-electron chi connectivity index (χ1n) is 19.5. The summed E-state index contributed by atoms with van der Waals surface area (Å²) in [6, 6.07) is 7.76. The molecule has 298 valence electrons. The summed E-state index contributed by atoms with van der Waals surface area (Å²) in [5, 5.41) is 11.5. The van der Waals surface area contributed by atoms with Crippen LogP contribution in [-0.2, 0) is 34.7 Å². The van der Waals surface area contributed by atoms with E-state index < -0.39 is 20.5 Å². The lowest BCUT2D eigenvalue weighted by atomic mass is 9.91. The van der Waals surface area contributed by atoms with Crippen LogP contribution in [0.5, 0.6) is 5.75 Å². The van der Waals surface area contributed by atoms with Gasteiger partial charge in [-0.05, 0) is 93.6 Å². The molecule has 0 bridgehead atoms. The first kappa shape index (κ1) is 45.0. The van der Waals surface area contributed by atoms with E-state index in [1.807, 2.05) is 48.6 Å². The smallest absolute Gasteiger partial charge is 0.191 e. The standard InChI is InChI=1S/C44H70O8Si/c1-33-23-25-48-40(28-33)21-22-43(49-31-36-17-19-37(47-8)20-18-36)42(45)16-12-14-39(50-32-46-7)29-34(2)27-35(3)30-41-15-11-13-38(52-41)24-26-51-53(9,10)44(4,5)6/h11-14,17-23,35,38-43,45H,2,15-16,24-32H2,1,3-10H3/b14-12+,22-21+/t35-,38-,39+,40+,41-,42-,43-/m0/s1. The average Bonchev–Trinajstić information content (AvgIpc) is 3.10. The van der Waals surface area contributed by atoms with Crippen LogP contribution >= 0.6 is 0 Å². The van der Waals surface area contributed by atoms with Gasteiger partial charge in [0, 0.05) is 13.7 Å². The number of rotatable bonds is 23. The highest BCUT2D eigenvalue weighted by atomic mass is 28.4. The van der Waals surface area contributed by atoms with Crippen molar-refractivity contribution in [2.45, 2.75) is 141 Å². The summed E-state index contributed by atoms with van der Waals surface area (Å²) < 4.78 is 41.6. The molecule has 1 aromatic rings. The topological polar surface area (TPSA) is 84.8 Å². The van der Waals surface area contributed by atoms with Crippen molar-refractivity contribution >= 4 is 8.32 Å². The maximum Gasteiger partial charge on any atom is 0.191 e. The summed E-state index contributed by atoms with van der Waals surface area (Å²) in [5.41, 5.74) is 3.42. The third-order valence-electron chi connectivity index (χ3n) is 10.5. The normalized spacial score (nSPS) is 22.2. The highest BCUT2D eigenvalue weighted by Gasteiger charge is 2.37. The summed E-state index contributed by atoms with van der Waals surface area (Å²) in [6.07, 6.45) is 18.8. The number of ether oxygens (including phenoxy) is 6. The minimum Gasteiger partial charge on any atom is -0.497 e. The Morgan fingerprint density at radius 2 is 1.85 bits per heavy atom. The quantitative estimate of drug-likeness (QED) is 0.0672. The molecule has 0 radical (unpaired) electrons. The van der Waals surface area contributed by atoms with Crippen LogP contribution in [-0.4, -0.2) is 84.3 Å². The first-order chi connectivity index (χ1) is 25.2. The van der Waals surface area contributed by atoms with Gasteiger partial charge in [0.05, 0.1) is 50.8 Å². The summed E-state index contributed by atoms with van der Waals surface area (Å²) in [5.74, 6) is 1.21. The maximum atomic E-state index is 11.3. The number of hydrogen-bond acceptors (Lipinski definition) is 8. The van der Waals surface area contributed by atoms with Crippen molar-refractivity contribution < 1.29 is 38.0 Å². The van der Waals surface area contributed by atoms with E-state index >= 15 is 0 Å². The number of hydrogen-bond donors (Lipinski definition) is 1.